The number of carbonyl (C=O) groups excluding carboxylic acids is 1. The molecule has 2 aromatic carbocycles. The number of benzene rings is 2. The van der Waals surface area contributed by atoms with Gasteiger partial charge in [0.15, 0.2) is 0 Å². The third-order valence-electron chi connectivity index (χ3n) is 3.49. The number of hydrogen-bond acceptors (Lipinski definition) is 3. The van der Waals surface area contributed by atoms with E-state index >= 15 is 0 Å². The van der Waals surface area contributed by atoms with E-state index < -0.39 is 0 Å². The first-order valence-corrected chi connectivity index (χ1v) is 8.22. The smallest absolute Gasteiger partial charge is 0.267 e. The molecule has 0 atom stereocenters. The van der Waals surface area contributed by atoms with Gasteiger partial charge >= 0.3 is 0 Å². The number of amides is 1. The highest BCUT2D eigenvalue weighted by Gasteiger charge is 2.28. The average Bonchev–Trinajstić information content (AvgIpc) is 2.84. The maximum absolute atomic E-state index is 12.6. The Bertz CT molecular complexity index is 748. The highest BCUT2D eigenvalue weighted by atomic mass is 32.2. The summed E-state index contributed by atoms with van der Waals surface area (Å²) in [6.45, 7) is 1.86. The molecule has 0 spiro atoms. The van der Waals surface area contributed by atoms with Crippen LogP contribution < -0.4 is 5.01 Å². The van der Waals surface area contributed by atoms with E-state index in [0.717, 1.165) is 17.0 Å². The average molecular weight is 308 g/mol. The number of para-hydroxylation sites is 1. The van der Waals surface area contributed by atoms with Gasteiger partial charge in [-0.15, -0.1) is 11.8 Å². The Morgan fingerprint density at radius 3 is 2.36 bits per heavy atom. The molecule has 4 heteroatoms. The summed E-state index contributed by atoms with van der Waals surface area (Å²) < 4.78 is 0. The van der Waals surface area contributed by atoms with E-state index in [1.807, 2.05) is 61.7 Å². The van der Waals surface area contributed by atoms with Crippen molar-refractivity contribution in [3.05, 3.63) is 65.7 Å². The van der Waals surface area contributed by atoms with Crippen LogP contribution in [0, 0.1) is 0 Å². The zero-order valence-corrected chi connectivity index (χ0v) is 13.3. The van der Waals surface area contributed by atoms with Crippen LogP contribution in [0.1, 0.15) is 12.5 Å². The summed E-state index contributed by atoms with van der Waals surface area (Å²) in [5, 5.41) is 5.83. The lowest BCUT2D eigenvalue weighted by atomic mass is 10.1. The molecule has 3 rings (SSSR count). The van der Waals surface area contributed by atoms with Crippen molar-refractivity contribution < 1.29 is 4.79 Å². The van der Waals surface area contributed by atoms with Gasteiger partial charge in [0.1, 0.15) is 0 Å². The molecule has 0 N–H and O–H groups in total. The molecule has 1 aliphatic rings. The van der Waals surface area contributed by atoms with Gasteiger partial charge in [0.05, 0.1) is 17.0 Å². The van der Waals surface area contributed by atoms with Crippen LogP contribution in [0.25, 0.3) is 6.08 Å². The Kier molecular flexibility index (Phi) is 4.11. The molecule has 22 heavy (non-hydrogen) atoms. The minimum Gasteiger partial charge on any atom is -0.267 e. The maximum atomic E-state index is 12.6. The van der Waals surface area contributed by atoms with E-state index in [1.165, 1.54) is 9.90 Å². The molecular weight excluding hydrogens is 292 g/mol. The number of nitrogens with zero attached hydrogens (tertiary/aromatic N) is 2. The molecule has 3 nitrogen and oxygen atoms in total. The van der Waals surface area contributed by atoms with Crippen LogP contribution in [-0.4, -0.2) is 17.9 Å². The molecule has 1 amide bonds. The van der Waals surface area contributed by atoms with Crippen LogP contribution >= 0.6 is 11.8 Å². The fourth-order valence-corrected chi connectivity index (χ4v) is 2.70. The number of thioether (sulfide) groups is 1. The zero-order chi connectivity index (χ0) is 15.5. The summed E-state index contributed by atoms with van der Waals surface area (Å²) in [7, 11) is 0. The molecule has 0 radical (unpaired) electrons. The van der Waals surface area contributed by atoms with Crippen LogP contribution in [-0.2, 0) is 4.79 Å². The molecule has 0 bridgehead atoms. The Morgan fingerprint density at radius 1 is 1.05 bits per heavy atom. The lowest BCUT2D eigenvalue weighted by molar-refractivity contribution is -0.114. The number of rotatable bonds is 3. The summed E-state index contributed by atoms with van der Waals surface area (Å²) in [5.74, 6) is -0.0855. The monoisotopic (exact) mass is 308 g/mol. The zero-order valence-electron chi connectivity index (χ0n) is 12.5. The van der Waals surface area contributed by atoms with Gasteiger partial charge in [-0.3, -0.25) is 4.79 Å². The van der Waals surface area contributed by atoms with Crippen molar-refractivity contribution in [2.24, 2.45) is 5.10 Å². The second kappa shape index (κ2) is 6.20. The highest BCUT2D eigenvalue weighted by Crippen LogP contribution is 2.25. The van der Waals surface area contributed by atoms with Crippen molar-refractivity contribution in [1.29, 1.82) is 0 Å². The van der Waals surface area contributed by atoms with Gasteiger partial charge in [-0.25, -0.2) is 0 Å². The summed E-state index contributed by atoms with van der Waals surface area (Å²) >= 11 is 1.70. The number of anilines is 1. The van der Waals surface area contributed by atoms with Gasteiger partial charge < -0.3 is 0 Å². The van der Waals surface area contributed by atoms with Gasteiger partial charge in [-0.2, -0.15) is 10.1 Å². The second-order valence-electron chi connectivity index (χ2n) is 4.97. The third kappa shape index (κ3) is 2.83. The highest BCUT2D eigenvalue weighted by molar-refractivity contribution is 7.98. The van der Waals surface area contributed by atoms with Gasteiger partial charge in [-0.1, -0.05) is 30.3 Å². The molecule has 0 unspecified atom stereocenters. The van der Waals surface area contributed by atoms with Gasteiger partial charge in [0.2, 0.25) is 0 Å². The van der Waals surface area contributed by atoms with Crippen LogP contribution in [0.2, 0.25) is 0 Å². The molecule has 1 aliphatic heterocycles. The molecule has 0 aromatic heterocycles. The predicted octanol–water partition coefficient (Wildman–Crippen LogP) is 4.21. The molecule has 2 aromatic rings. The lowest BCUT2D eigenvalue weighted by Crippen LogP contribution is -2.21. The molecule has 0 fully saturated rings. The molecule has 1 heterocycles. The lowest BCUT2D eigenvalue weighted by Gasteiger charge is -2.11. The minimum atomic E-state index is -0.0855. The van der Waals surface area contributed by atoms with Crippen molar-refractivity contribution in [2.75, 3.05) is 11.3 Å². The Balaban J connectivity index is 1.90. The normalized spacial score (nSPS) is 16.3. The largest absolute Gasteiger partial charge is 0.280 e. The Morgan fingerprint density at radius 2 is 1.73 bits per heavy atom. The first-order valence-electron chi connectivity index (χ1n) is 7.00. The Labute approximate surface area is 134 Å². The SMILES string of the molecule is CSc1ccc(/C=C2\C(=O)N(c3ccccc3)N=C2C)cc1. The molecule has 0 saturated carbocycles. The second-order valence-corrected chi connectivity index (χ2v) is 5.85. The van der Waals surface area contributed by atoms with Crippen LogP contribution in [0.15, 0.2) is 70.2 Å². The van der Waals surface area contributed by atoms with Gasteiger partial charge in [0, 0.05) is 4.90 Å². The quantitative estimate of drug-likeness (QED) is 0.628. The van der Waals surface area contributed by atoms with Crippen molar-refractivity contribution >= 4 is 35.1 Å². The summed E-state index contributed by atoms with van der Waals surface area (Å²) in [4.78, 5) is 13.8. The van der Waals surface area contributed by atoms with E-state index in [0.29, 0.717) is 5.57 Å². The molecule has 0 saturated heterocycles. The van der Waals surface area contributed by atoms with E-state index in [-0.39, 0.29) is 5.91 Å². The van der Waals surface area contributed by atoms with Crippen molar-refractivity contribution in [3.63, 3.8) is 0 Å². The minimum absolute atomic E-state index is 0.0855. The van der Waals surface area contributed by atoms with Gasteiger partial charge in [-0.05, 0) is 49.1 Å². The Hall–Kier alpha value is -2.33. The molecular formula is C18H16N2OS. The summed E-state index contributed by atoms with van der Waals surface area (Å²) in [6.07, 6.45) is 3.94. The summed E-state index contributed by atoms with van der Waals surface area (Å²) in [6, 6.07) is 17.6. The third-order valence-corrected chi connectivity index (χ3v) is 4.23. The topological polar surface area (TPSA) is 32.7 Å². The first kappa shape index (κ1) is 14.6. The molecule has 110 valence electrons. The predicted molar refractivity (Wildman–Crippen MR) is 93.2 cm³/mol. The van der Waals surface area contributed by atoms with Crippen LogP contribution in [0.3, 0.4) is 0 Å². The van der Waals surface area contributed by atoms with Gasteiger partial charge in [0.25, 0.3) is 5.91 Å². The number of carbonyl (C=O) groups is 1. The van der Waals surface area contributed by atoms with Crippen LogP contribution in [0.5, 0.6) is 0 Å². The van der Waals surface area contributed by atoms with Crippen molar-refractivity contribution in [2.45, 2.75) is 11.8 Å². The molecule has 0 aliphatic carbocycles. The van der Waals surface area contributed by atoms with Crippen molar-refractivity contribution in [1.82, 2.24) is 0 Å². The fourth-order valence-electron chi connectivity index (χ4n) is 2.30. The van der Waals surface area contributed by atoms with E-state index in [4.69, 9.17) is 0 Å². The van der Waals surface area contributed by atoms with E-state index in [2.05, 4.69) is 17.2 Å². The maximum Gasteiger partial charge on any atom is 0.280 e. The standard InChI is InChI=1S/C18H16N2OS/c1-13-17(12-14-8-10-16(22-2)11-9-14)18(21)20(19-13)15-6-4-3-5-7-15/h3-12H,1-2H3/b17-12-. The van der Waals surface area contributed by atoms with Crippen LogP contribution in [0.4, 0.5) is 5.69 Å². The fraction of sp³-hybridized carbons (Fsp3) is 0.111. The summed E-state index contributed by atoms with van der Waals surface area (Å²) in [5.41, 5.74) is 3.17. The van der Waals surface area contributed by atoms with E-state index in [9.17, 15) is 4.79 Å². The number of hydrogen-bond donors (Lipinski definition) is 0. The number of hydrazone groups is 1. The first-order chi connectivity index (χ1) is 10.7. The van der Waals surface area contributed by atoms with E-state index in [1.54, 1.807) is 11.8 Å². The van der Waals surface area contributed by atoms with Crippen molar-refractivity contribution in [3.8, 4) is 0 Å².